The van der Waals surface area contributed by atoms with Crippen molar-refractivity contribution in [2.75, 3.05) is 6.61 Å². The standard InChI is InChI=1S/C9H9O2Se.3C4H9.Sn/c1-2-11-9(10)7-3-5-8(12)6-4-7;3*1-3-4-2;/h3-6H,2H2,1H3;3*1,3-4H2,2H3;. The number of hydrogen-bond acceptors (Lipinski definition) is 2. The van der Waals surface area contributed by atoms with Gasteiger partial charge in [-0.2, -0.15) is 0 Å². The van der Waals surface area contributed by atoms with Crippen molar-refractivity contribution in [2.24, 2.45) is 0 Å². The fraction of sp³-hybridized carbons (Fsp3) is 0.667. The van der Waals surface area contributed by atoms with Gasteiger partial charge in [-0.3, -0.25) is 0 Å². The first kappa shape index (κ1) is 25.0. The van der Waals surface area contributed by atoms with Crippen LogP contribution in [-0.4, -0.2) is 48.3 Å². The maximum atomic E-state index is 11.1. The molecule has 142 valence electrons. The molecule has 0 aliphatic rings. The van der Waals surface area contributed by atoms with E-state index in [9.17, 15) is 4.79 Å². The van der Waals surface area contributed by atoms with E-state index >= 15 is 0 Å². The van der Waals surface area contributed by atoms with Crippen LogP contribution in [0.2, 0.25) is 13.3 Å². The normalized spacial score (nSPS) is 10.3. The molecule has 0 unspecified atom stereocenters. The fourth-order valence-corrected chi connectivity index (χ4v) is 12.2. The minimum absolute atomic E-state index is 0.266. The molecule has 1 rings (SSSR count). The number of benzene rings is 1. The van der Waals surface area contributed by atoms with Crippen molar-refractivity contribution in [3.8, 4) is 0 Å². The summed E-state index contributed by atoms with van der Waals surface area (Å²) in [6, 6.07) is 7.16. The molecule has 0 aliphatic carbocycles. The topological polar surface area (TPSA) is 26.3 Å². The zero-order valence-corrected chi connectivity index (χ0v) is 21.2. The summed E-state index contributed by atoms with van der Waals surface area (Å²) in [5, 5.41) is 0. The number of ether oxygens (including phenoxy) is 1. The van der Waals surface area contributed by atoms with Gasteiger partial charge in [-0.05, 0) is 0 Å². The van der Waals surface area contributed by atoms with Gasteiger partial charge < -0.3 is 0 Å². The van der Waals surface area contributed by atoms with Crippen molar-refractivity contribution in [3.05, 3.63) is 29.8 Å². The molecule has 0 aromatic heterocycles. The van der Waals surface area contributed by atoms with Crippen molar-refractivity contribution in [2.45, 2.75) is 79.5 Å². The second-order valence-electron chi connectivity index (χ2n) is 6.31. The molecule has 0 N–H and O–H groups in total. The summed E-state index contributed by atoms with van der Waals surface area (Å²) in [4.78, 5) is 11.1. The van der Waals surface area contributed by atoms with E-state index in [0.29, 0.717) is 12.2 Å². The van der Waals surface area contributed by atoms with Crippen LogP contribution >= 0.6 is 0 Å². The molecule has 0 fully saturated rings. The number of carbonyl (C=O) groups is 1. The molecule has 0 atom stereocenters. The number of hydrogen-bond donors (Lipinski definition) is 0. The summed E-state index contributed by atoms with van der Waals surface area (Å²) in [5.41, 5.74) is 0.593. The van der Waals surface area contributed by atoms with Crippen molar-refractivity contribution in [1.82, 2.24) is 0 Å². The molecule has 0 heterocycles. The van der Waals surface area contributed by atoms with E-state index in [1.54, 1.807) is 32.4 Å². The van der Waals surface area contributed by atoms with Crippen LogP contribution in [0.4, 0.5) is 0 Å². The van der Waals surface area contributed by atoms with E-state index < -0.39 is 19.8 Å². The van der Waals surface area contributed by atoms with Crippen LogP contribution in [-0.2, 0) is 4.74 Å². The SMILES string of the molecule is CCC[CH2][Sn]([CH2]CCC)[CH2]CCC.CCOC(=O)c1ccc([Se])cc1. The maximum absolute atomic E-state index is 11.1. The fourth-order valence-electron chi connectivity index (χ4n) is 2.46. The Kier molecular flexibility index (Phi) is 17.4. The summed E-state index contributed by atoms with van der Waals surface area (Å²) in [6.45, 7) is 9.21. The number of esters is 1. The van der Waals surface area contributed by atoms with Gasteiger partial charge in [-0.1, -0.05) is 0 Å². The first-order chi connectivity index (χ1) is 12.1. The Bertz CT molecular complexity index is 415. The molecule has 4 heteroatoms. The molecule has 2 radical (unpaired) electrons. The zero-order chi connectivity index (χ0) is 18.9. The first-order valence-electron chi connectivity index (χ1n) is 9.86. The second kappa shape index (κ2) is 17.4. The van der Waals surface area contributed by atoms with Crippen LogP contribution in [0.3, 0.4) is 0 Å². The van der Waals surface area contributed by atoms with Crippen LogP contribution in [0.15, 0.2) is 24.3 Å². The Balaban J connectivity index is 0.000000462. The van der Waals surface area contributed by atoms with Gasteiger partial charge >= 0.3 is 172 Å². The predicted molar refractivity (Wildman–Crippen MR) is 113 cm³/mol. The van der Waals surface area contributed by atoms with E-state index in [0.717, 1.165) is 4.46 Å². The van der Waals surface area contributed by atoms with Gasteiger partial charge in [0, 0.05) is 0 Å². The van der Waals surface area contributed by atoms with Crippen molar-refractivity contribution in [1.29, 1.82) is 0 Å². The molecular formula is C21H36O2SeSn. The van der Waals surface area contributed by atoms with Crippen LogP contribution in [0.1, 0.15) is 76.6 Å². The van der Waals surface area contributed by atoms with Crippen LogP contribution in [0, 0.1) is 0 Å². The monoisotopic (exact) mass is 520 g/mol. The Morgan fingerprint density at radius 3 is 1.68 bits per heavy atom. The predicted octanol–water partition coefficient (Wildman–Crippen LogP) is 5.54. The van der Waals surface area contributed by atoms with Crippen molar-refractivity contribution >= 4 is 46.2 Å². The van der Waals surface area contributed by atoms with Gasteiger partial charge in [0.05, 0.1) is 0 Å². The van der Waals surface area contributed by atoms with Crippen LogP contribution in [0.5, 0.6) is 0 Å². The quantitative estimate of drug-likeness (QED) is 0.284. The van der Waals surface area contributed by atoms with E-state index in [4.69, 9.17) is 4.74 Å². The number of rotatable bonds is 11. The molecule has 1 aromatic carbocycles. The Morgan fingerprint density at radius 2 is 1.32 bits per heavy atom. The molecule has 0 bridgehead atoms. The summed E-state index contributed by atoms with van der Waals surface area (Å²) >= 11 is 2.01. The van der Waals surface area contributed by atoms with Gasteiger partial charge in [0.1, 0.15) is 0 Å². The van der Waals surface area contributed by atoms with E-state index in [2.05, 4.69) is 36.8 Å². The Labute approximate surface area is 171 Å². The second-order valence-corrected chi connectivity index (χ2v) is 15.9. The van der Waals surface area contributed by atoms with E-state index in [1.807, 2.05) is 12.1 Å². The molecule has 0 saturated carbocycles. The molecule has 1 aromatic rings. The van der Waals surface area contributed by atoms with Crippen molar-refractivity contribution in [3.63, 3.8) is 0 Å². The average molecular weight is 518 g/mol. The molecular weight excluding hydrogens is 482 g/mol. The summed E-state index contributed by atoms with van der Waals surface area (Å²) in [6.07, 6.45) is 8.85. The van der Waals surface area contributed by atoms with Gasteiger partial charge in [0.25, 0.3) is 0 Å². The van der Waals surface area contributed by atoms with E-state index in [1.165, 1.54) is 38.5 Å². The zero-order valence-electron chi connectivity index (χ0n) is 16.6. The van der Waals surface area contributed by atoms with Crippen LogP contribution < -0.4 is 4.46 Å². The van der Waals surface area contributed by atoms with Crippen LogP contribution in [0.25, 0.3) is 0 Å². The third kappa shape index (κ3) is 13.8. The Hall–Kier alpha value is 0.00818. The molecule has 0 saturated heterocycles. The minimum atomic E-state index is -0.839. The van der Waals surface area contributed by atoms with Gasteiger partial charge in [-0.15, -0.1) is 0 Å². The summed E-state index contributed by atoms with van der Waals surface area (Å²) in [7, 11) is 0. The van der Waals surface area contributed by atoms with Gasteiger partial charge in [0.2, 0.25) is 0 Å². The average Bonchev–Trinajstić information content (AvgIpc) is 2.62. The molecule has 0 spiro atoms. The molecule has 25 heavy (non-hydrogen) atoms. The number of unbranched alkanes of at least 4 members (excludes halogenated alkanes) is 3. The third-order valence-electron chi connectivity index (χ3n) is 4.02. The molecule has 0 aliphatic heterocycles. The molecule has 0 amide bonds. The molecule has 2 nitrogen and oxygen atoms in total. The van der Waals surface area contributed by atoms with E-state index in [-0.39, 0.29) is 5.97 Å². The third-order valence-corrected chi connectivity index (χ3v) is 13.7. The van der Waals surface area contributed by atoms with Gasteiger partial charge in [-0.25, -0.2) is 0 Å². The summed E-state index contributed by atoms with van der Waals surface area (Å²) in [5.74, 6) is -0.266. The first-order valence-corrected chi connectivity index (χ1v) is 16.8. The van der Waals surface area contributed by atoms with Gasteiger partial charge in [0.15, 0.2) is 0 Å². The Morgan fingerprint density at radius 1 is 0.880 bits per heavy atom. The number of carbonyl (C=O) groups excluding carboxylic acids is 1. The van der Waals surface area contributed by atoms with Crippen molar-refractivity contribution < 1.29 is 9.53 Å². The summed E-state index contributed by atoms with van der Waals surface area (Å²) < 4.78 is 10.9.